The molecule has 1 saturated carbocycles. The fourth-order valence-electron chi connectivity index (χ4n) is 2.68. The average molecular weight is 342 g/mol. The van der Waals surface area contributed by atoms with Gasteiger partial charge in [-0.15, -0.1) is 0 Å². The Bertz CT molecular complexity index is 731. The van der Waals surface area contributed by atoms with E-state index >= 15 is 0 Å². The van der Waals surface area contributed by atoms with E-state index in [9.17, 15) is 9.59 Å². The summed E-state index contributed by atoms with van der Waals surface area (Å²) in [6.07, 6.45) is 1.69. The van der Waals surface area contributed by atoms with Crippen LogP contribution in [0.1, 0.15) is 47.9 Å². The Morgan fingerprint density at radius 1 is 1.28 bits per heavy atom. The Morgan fingerprint density at radius 3 is 2.60 bits per heavy atom. The predicted octanol–water partition coefficient (Wildman–Crippen LogP) is 2.79. The molecule has 3 rings (SSSR count). The second-order valence-electron chi connectivity index (χ2n) is 6.37. The van der Waals surface area contributed by atoms with Crippen LogP contribution >= 0.6 is 0 Å². The molecule has 1 aromatic heterocycles. The zero-order chi connectivity index (χ0) is 17.8. The number of carbonyl (C=O) groups is 2. The van der Waals surface area contributed by atoms with Gasteiger partial charge in [0.1, 0.15) is 5.76 Å². The normalized spacial score (nSPS) is 14.8. The van der Waals surface area contributed by atoms with Crippen molar-refractivity contribution in [3.63, 3.8) is 0 Å². The van der Waals surface area contributed by atoms with Crippen LogP contribution in [0.5, 0.6) is 0 Å². The summed E-state index contributed by atoms with van der Waals surface area (Å²) < 4.78 is 10.6. The van der Waals surface area contributed by atoms with Gasteiger partial charge in [0.25, 0.3) is 5.91 Å². The molecule has 0 radical (unpaired) electrons. The van der Waals surface area contributed by atoms with Gasteiger partial charge in [-0.05, 0) is 33.1 Å². The number of hydrogen-bond donors (Lipinski definition) is 1. The van der Waals surface area contributed by atoms with Crippen LogP contribution in [0.3, 0.4) is 0 Å². The number of nitrogens with one attached hydrogen (secondary N) is 1. The lowest BCUT2D eigenvalue weighted by molar-refractivity contribution is -0.156. The number of hydrogen-bond acceptors (Lipinski definition) is 5. The van der Waals surface area contributed by atoms with Crippen molar-refractivity contribution in [2.45, 2.75) is 51.7 Å². The molecule has 6 heteroatoms. The maximum Gasteiger partial charge on any atom is 0.307 e. The summed E-state index contributed by atoms with van der Waals surface area (Å²) in [6, 6.07) is 9.30. The molecule has 0 saturated heterocycles. The lowest BCUT2D eigenvalue weighted by Crippen LogP contribution is -2.33. The topological polar surface area (TPSA) is 81.4 Å². The van der Waals surface area contributed by atoms with Crippen LogP contribution in [0.25, 0.3) is 0 Å². The number of rotatable bonds is 7. The first-order valence-electron chi connectivity index (χ1n) is 8.51. The third-order valence-electron chi connectivity index (χ3n) is 4.27. The minimum absolute atomic E-state index is 0.170. The van der Waals surface area contributed by atoms with Crippen molar-refractivity contribution in [3.05, 3.63) is 52.9 Å². The van der Waals surface area contributed by atoms with E-state index in [1.807, 2.05) is 32.0 Å². The first kappa shape index (κ1) is 17.2. The quantitative estimate of drug-likeness (QED) is 0.783. The molecular formula is C19H22N2O4. The molecule has 0 spiro atoms. The van der Waals surface area contributed by atoms with E-state index in [1.54, 1.807) is 12.1 Å². The monoisotopic (exact) mass is 342 g/mol. The van der Waals surface area contributed by atoms with E-state index in [2.05, 4.69) is 10.5 Å². The summed E-state index contributed by atoms with van der Waals surface area (Å²) in [4.78, 5) is 24.8. The summed E-state index contributed by atoms with van der Waals surface area (Å²) in [5.41, 5.74) is 2.36. The minimum atomic E-state index is -0.918. The van der Waals surface area contributed by atoms with Crippen molar-refractivity contribution in [3.8, 4) is 0 Å². The van der Waals surface area contributed by atoms with Crippen LogP contribution in [0.2, 0.25) is 0 Å². The van der Waals surface area contributed by atoms with E-state index in [4.69, 9.17) is 9.26 Å². The number of esters is 1. The maximum absolute atomic E-state index is 12.5. The van der Waals surface area contributed by atoms with Crippen molar-refractivity contribution in [2.75, 3.05) is 0 Å². The Kier molecular flexibility index (Phi) is 5.16. The average Bonchev–Trinajstić information content (AvgIpc) is 3.36. The molecule has 1 heterocycles. The van der Waals surface area contributed by atoms with Crippen LogP contribution in [0.4, 0.5) is 0 Å². The molecule has 0 bridgehead atoms. The van der Waals surface area contributed by atoms with Crippen LogP contribution in [0.15, 0.2) is 34.9 Å². The molecule has 132 valence electrons. The minimum Gasteiger partial charge on any atom is -0.447 e. The second-order valence-corrected chi connectivity index (χ2v) is 6.37. The van der Waals surface area contributed by atoms with Crippen molar-refractivity contribution in [1.82, 2.24) is 10.5 Å². The summed E-state index contributed by atoms with van der Waals surface area (Å²) in [5.74, 6) is 0.0237. The molecule has 6 nitrogen and oxygen atoms in total. The molecule has 0 aliphatic heterocycles. The van der Waals surface area contributed by atoms with E-state index in [0.29, 0.717) is 17.7 Å². The Hall–Kier alpha value is -2.63. The Balaban J connectivity index is 1.64. The third kappa shape index (κ3) is 4.47. The molecule has 1 atom stereocenters. The molecule has 0 unspecified atom stereocenters. The van der Waals surface area contributed by atoms with E-state index < -0.39 is 12.1 Å². The van der Waals surface area contributed by atoms with Crippen LogP contribution in [0, 0.1) is 13.8 Å². The van der Waals surface area contributed by atoms with Crippen LogP contribution in [-0.2, 0) is 20.7 Å². The Labute approximate surface area is 146 Å². The second kappa shape index (κ2) is 7.51. The molecule has 1 aromatic carbocycles. The van der Waals surface area contributed by atoms with Gasteiger partial charge < -0.3 is 14.6 Å². The van der Waals surface area contributed by atoms with Gasteiger partial charge in [-0.3, -0.25) is 9.59 Å². The van der Waals surface area contributed by atoms with Gasteiger partial charge in [-0.2, -0.15) is 0 Å². The van der Waals surface area contributed by atoms with Gasteiger partial charge in [0.15, 0.2) is 0 Å². The highest BCUT2D eigenvalue weighted by atomic mass is 16.5. The smallest absolute Gasteiger partial charge is 0.307 e. The molecule has 1 N–H and O–H groups in total. The van der Waals surface area contributed by atoms with Gasteiger partial charge in [-0.1, -0.05) is 35.5 Å². The number of nitrogens with zero attached hydrogens (tertiary/aromatic N) is 1. The largest absolute Gasteiger partial charge is 0.447 e. The zero-order valence-corrected chi connectivity index (χ0v) is 14.5. The number of amides is 1. The van der Waals surface area contributed by atoms with Crippen molar-refractivity contribution >= 4 is 11.9 Å². The predicted molar refractivity (Wildman–Crippen MR) is 90.7 cm³/mol. The number of carbonyl (C=O) groups excluding carboxylic acids is 2. The number of aryl methyl sites for hydroxylation is 2. The Morgan fingerprint density at radius 2 is 2.00 bits per heavy atom. The fourth-order valence-corrected chi connectivity index (χ4v) is 2.68. The first-order chi connectivity index (χ1) is 12.0. The van der Waals surface area contributed by atoms with Crippen LogP contribution in [-0.4, -0.2) is 23.1 Å². The van der Waals surface area contributed by atoms with Gasteiger partial charge in [0.05, 0.1) is 5.69 Å². The molecule has 2 aromatic rings. The highest BCUT2D eigenvalue weighted by molar-refractivity contribution is 5.85. The molecule has 1 amide bonds. The van der Waals surface area contributed by atoms with Gasteiger partial charge in [-0.25, -0.2) is 0 Å². The van der Waals surface area contributed by atoms with Gasteiger partial charge >= 0.3 is 5.97 Å². The summed E-state index contributed by atoms with van der Waals surface area (Å²) in [7, 11) is 0. The van der Waals surface area contributed by atoms with E-state index in [-0.39, 0.29) is 18.4 Å². The van der Waals surface area contributed by atoms with Crippen LogP contribution < -0.4 is 5.32 Å². The highest BCUT2D eigenvalue weighted by Crippen LogP contribution is 2.24. The third-order valence-corrected chi connectivity index (χ3v) is 4.27. The summed E-state index contributed by atoms with van der Waals surface area (Å²) in [5, 5.41) is 6.78. The molecule has 1 aliphatic carbocycles. The zero-order valence-electron chi connectivity index (χ0n) is 14.5. The highest BCUT2D eigenvalue weighted by Gasteiger charge is 2.30. The SMILES string of the molecule is Cc1noc(C)c1CCC(=O)O[C@H](C(=O)NC1CC1)c1ccccc1. The van der Waals surface area contributed by atoms with Gasteiger partial charge in [0.2, 0.25) is 6.10 Å². The molecule has 1 aliphatic rings. The summed E-state index contributed by atoms with van der Waals surface area (Å²) >= 11 is 0. The molecular weight excluding hydrogens is 320 g/mol. The number of aromatic nitrogens is 1. The first-order valence-corrected chi connectivity index (χ1v) is 8.51. The lowest BCUT2D eigenvalue weighted by atomic mass is 10.1. The van der Waals surface area contributed by atoms with Crippen molar-refractivity contribution in [2.24, 2.45) is 0 Å². The standard InChI is InChI=1S/C19H22N2O4/c1-12-16(13(2)25-21-12)10-11-17(22)24-18(14-6-4-3-5-7-14)19(23)20-15-8-9-15/h3-7,15,18H,8-11H2,1-2H3,(H,20,23)/t18-/m0/s1. The lowest BCUT2D eigenvalue weighted by Gasteiger charge is -2.18. The number of benzene rings is 1. The van der Waals surface area contributed by atoms with E-state index in [0.717, 1.165) is 24.1 Å². The summed E-state index contributed by atoms with van der Waals surface area (Å²) in [6.45, 7) is 3.66. The van der Waals surface area contributed by atoms with Crippen molar-refractivity contribution in [1.29, 1.82) is 0 Å². The van der Waals surface area contributed by atoms with Crippen molar-refractivity contribution < 1.29 is 18.8 Å². The molecule has 1 fully saturated rings. The fraction of sp³-hybridized carbons (Fsp3) is 0.421. The molecule has 25 heavy (non-hydrogen) atoms. The number of ether oxygens (including phenoxy) is 1. The maximum atomic E-state index is 12.5. The van der Waals surface area contributed by atoms with E-state index in [1.165, 1.54) is 0 Å². The van der Waals surface area contributed by atoms with Gasteiger partial charge in [0, 0.05) is 23.6 Å².